The minimum atomic E-state index is -0.854. The lowest BCUT2D eigenvalue weighted by Crippen LogP contribution is -2.47. The van der Waals surface area contributed by atoms with E-state index in [-0.39, 0.29) is 23.9 Å². The summed E-state index contributed by atoms with van der Waals surface area (Å²) < 4.78 is 5.14. The number of hydrogen-bond donors (Lipinski definition) is 2. The van der Waals surface area contributed by atoms with Crippen molar-refractivity contribution in [3.05, 3.63) is 70.3 Å². The molecule has 0 bridgehead atoms. The summed E-state index contributed by atoms with van der Waals surface area (Å²) in [5.74, 6) is -0.699. The second kappa shape index (κ2) is 9.33. The first kappa shape index (κ1) is 19.9. The fourth-order valence-corrected chi connectivity index (χ4v) is 2.34. The van der Waals surface area contributed by atoms with Crippen molar-refractivity contribution in [1.82, 2.24) is 5.32 Å². The number of alkyl carbamates (subject to hydrolysis) is 1. The average molecular weight is 371 g/mol. The molecule has 0 fully saturated rings. The Morgan fingerprint density at radius 3 is 2.44 bits per heavy atom. The lowest BCUT2D eigenvalue weighted by atomic mass is 10.0. The zero-order valence-electron chi connectivity index (χ0n) is 15.0. The molecule has 0 saturated heterocycles. The van der Waals surface area contributed by atoms with E-state index in [9.17, 15) is 19.7 Å². The molecule has 0 saturated carbocycles. The van der Waals surface area contributed by atoms with Gasteiger partial charge in [0.05, 0.1) is 4.92 Å². The molecular formula is C19H21N3O5. The summed E-state index contributed by atoms with van der Waals surface area (Å²) >= 11 is 0. The van der Waals surface area contributed by atoms with Crippen LogP contribution in [0.1, 0.15) is 19.4 Å². The van der Waals surface area contributed by atoms with Crippen molar-refractivity contribution >= 4 is 23.4 Å². The van der Waals surface area contributed by atoms with E-state index in [4.69, 9.17) is 4.74 Å². The lowest BCUT2D eigenvalue weighted by Gasteiger charge is -2.21. The number of carbonyl (C=O) groups is 2. The van der Waals surface area contributed by atoms with E-state index in [0.29, 0.717) is 0 Å². The van der Waals surface area contributed by atoms with E-state index in [1.54, 1.807) is 13.8 Å². The number of nitro groups is 1. The van der Waals surface area contributed by atoms with E-state index in [2.05, 4.69) is 10.6 Å². The molecule has 0 aromatic heterocycles. The summed E-state index contributed by atoms with van der Waals surface area (Å²) in [6.45, 7) is 3.63. The van der Waals surface area contributed by atoms with Gasteiger partial charge >= 0.3 is 6.09 Å². The minimum absolute atomic E-state index is 0.0873. The minimum Gasteiger partial charge on any atom is -0.445 e. The zero-order chi connectivity index (χ0) is 19.8. The van der Waals surface area contributed by atoms with Crippen molar-refractivity contribution in [2.75, 3.05) is 5.32 Å². The van der Waals surface area contributed by atoms with E-state index >= 15 is 0 Å². The van der Waals surface area contributed by atoms with Gasteiger partial charge in [-0.2, -0.15) is 0 Å². The van der Waals surface area contributed by atoms with Crippen LogP contribution < -0.4 is 10.6 Å². The molecule has 0 spiro atoms. The van der Waals surface area contributed by atoms with Crippen LogP contribution >= 0.6 is 0 Å². The van der Waals surface area contributed by atoms with Crippen molar-refractivity contribution in [2.24, 2.45) is 5.92 Å². The van der Waals surface area contributed by atoms with Gasteiger partial charge in [-0.1, -0.05) is 50.2 Å². The molecule has 2 rings (SSSR count). The number of amides is 2. The summed E-state index contributed by atoms with van der Waals surface area (Å²) in [7, 11) is 0. The molecule has 0 aliphatic heterocycles. The molecule has 2 amide bonds. The van der Waals surface area contributed by atoms with Crippen molar-refractivity contribution in [2.45, 2.75) is 26.5 Å². The molecule has 0 unspecified atom stereocenters. The topological polar surface area (TPSA) is 111 Å². The maximum Gasteiger partial charge on any atom is 0.408 e. The highest BCUT2D eigenvalue weighted by Crippen LogP contribution is 2.18. The van der Waals surface area contributed by atoms with Gasteiger partial charge in [-0.3, -0.25) is 14.9 Å². The summed E-state index contributed by atoms with van der Waals surface area (Å²) in [5.41, 5.74) is 0.971. The number of benzene rings is 2. The van der Waals surface area contributed by atoms with Crippen molar-refractivity contribution in [3.63, 3.8) is 0 Å². The first-order valence-electron chi connectivity index (χ1n) is 8.39. The second-order valence-electron chi connectivity index (χ2n) is 6.22. The molecule has 0 aliphatic carbocycles. The van der Waals surface area contributed by atoms with E-state index < -0.39 is 23.0 Å². The summed E-state index contributed by atoms with van der Waals surface area (Å²) in [6, 6.07) is 13.9. The Morgan fingerprint density at radius 1 is 1.11 bits per heavy atom. The van der Waals surface area contributed by atoms with Crippen LogP contribution in [-0.2, 0) is 16.1 Å². The van der Waals surface area contributed by atoms with E-state index in [1.165, 1.54) is 24.3 Å². The monoisotopic (exact) mass is 371 g/mol. The summed E-state index contributed by atoms with van der Waals surface area (Å²) in [4.78, 5) is 34.8. The van der Waals surface area contributed by atoms with Crippen LogP contribution in [0.4, 0.5) is 16.2 Å². The van der Waals surface area contributed by atoms with Crippen LogP contribution in [0.25, 0.3) is 0 Å². The number of non-ortho nitro benzene ring substituents is 1. The number of nitrogens with zero attached hydrogens (tertiary/aromatic N) is 1. The van der Waals surface area contributed by atoms with Gasteiger partial charge in [-0.25, -0.2) is 4.79 Å². The number of nitrogens with one attached hydrogen (secondary N) is 2. The average Bonchev–Trinajstić information content (AvgIpc) is 2.65. The van der Waals surface area contributed by atoms with E-state index in [0.717, 1.165) is 5.56 Å². The van der Waals surface area contributed by atoms with Gasteiger partial charge in [0.2, 0.25) is 5.91 Å². The van der Waals surface area contributed by atoms with Crippen LogP contribution in [0.15, 0.2) is 54.6 Å². The molecule has 2 aromatic carbocycles. The predicted molar refractivity (Wildman–Crippen MR) is 100 cm³/mol. The van der Waals surface area contributed by atoms with Crippen LogP contribution in [-0.4, -0.2) is 23.0 Å². The molecule has 1 atom stereocenters. The molecule has 2 N–H and O–H groups in total. The van der Waals surface area contributed by atoms with Gasteiger partial charge in [-0.15, -0.1) is 0 Å². The Bertz CT molecular complexity index is 808. The third-order valence-electron chi connectivity index (χ3n) is 3.76. The Morgan fingerprint density at radius 2 is 1.81 bits per heavy atom. The largest absolute Gasteiger partial charge is 0.445 e. The molecule has 2 aromatic rings. The number of rotatable bonds is 7. The number of anilines is 1. The molecule has 0 aliphatic rings. The first-order valence-corrected chi connectivity index (χ1v) is 8.39. The van der Waals surface area contributed by atoms with Gasteiger partial charge in [0.15, 0.2) is 0 Å². The maximum absolute atomic E-state index is 12.5. The third-order valence-corrected chi connectivity index (χ3v) is 3.76. The fourth-order valence-electron chi connectivity index (χ4n) is 2.34. The molecule has 0 radical (unpaired) electrons. The van der Waals surface area contributed by atoms with Crippen molar-refractivity contribution in [3.8, 4) is 0 Å². The zero-order valence-corrected chi connectivity index (χ0v) is 15.0. The Labute approximate surface area is 156 Å². The maximum atomic E-state index is 12.5. The van der Waals surface area contributed by atoms with Gasteiger partial charge < -0.3 is 15.4 Å². The highest BCUT2D eigenvalue weighted by Gasteiger charge is 2.25. The molecule has 8 nitrogen and oxygen atoms in total. The highest BCUT2D eigenvalue weighted by atomic mass is 16.6. The fraction of sp³-hybridized carbons (Fsp3) is 0.263. The quantitative estimate of drug-likeness (QED) is 0.572. The predicted octanol–water partition coefficient (Wildman–Crippen LogP) is 3.48. The van der Waals surface area contributed by atoms with E-state index in [1.807, 2.05) is 30.3 Å². The number of nitro benzene ring substituents is 1. The highest BCUT2D eigenvalue weighted by molar-refractivity contribution is 5.96. The van der Waals surface area contributed by atoms with Crippen molar-refractivity contribution in [1.29, 1.82) is 0 Å². The SMILES string of the molecule is CC(C)[C@H](NC(=O)OCc1ccccc1)C(=O)Nc1cccc([N+](=O)[O-])c1. The van der Waals surface area contributed by atoms with Crippen LogP contribution in [0.3, 0.4) is 0 Å². The summed E-state index contributed by atoms with van der Waals surface area (Å²) in [6.07, 6.45) is -0.716. The molecular weight excluding hydrogens is 350 g/mol. The summed E-state index contributed by atoms with van der Waals surface area (Å²) in [5, 5.41) is 16.0. The second-order valence-corrected chi connectivity index (χ2v) is 6.22. The van der Waals surface area contributed by atoms with Crippen LogP contribution in [0.5, 0.6) is 0 Å². The number of hydrogen-bond acceptors (Lipinski definition) is 5. The molecule has 27 heavy (non-hydrogen) atoms. The lowest BCUT2D eigenvalue weighted by molar-refractivity contribution is -0.384. The molecule has 142 valence electrons. The first-order chi connectivity index (χ1) is 12.9. The smallest absolute Gasteiger partial charge is 0.408 e. The third kappa shape index (κ3) is 6.10. The van der Waals surface area contributed by atoms with Crippen LogP contribution in [0.2, 0.25) is 0 Å². The standard InChI is InChI=1S/C19H21N3O5/c1-13(2)17(21-19(24)27-12-14-7-4-3-5-8-14)18(23)20-15-9-6-10-16(11-15)22(25)26/h3-11,13,17H,12H2,1-2H3,(H,20,23)(H,21,24)/t17-/m0/s1. The van der Waals surface area contributed by atoms with Gasteiger partial charge in [-0.05, 0) is 17.5 Å². The van der Waals surface area contributed by atoms with Crippen molar-refractivity contribution < 1.29 is 19.2 Å². The number of ether oxygens (including phenoxy) is 1. The van der Waals surface area contributed by atoms with Gasteiger partial charge in [0.25, 0.3) is 5.69 Å². The van der Waals surface area contributed by atoms with Gasteiger partial charge in [0, 0.05) is 17.8 Å². The van der Waals surface area contributed by atoms with Gasteiger partial charge in [0.1, 0.15) is 12.6 Å². The Hall–Kier alpha value is -3.42. The molecule has 8 heteroatoms. The Kier molecular flexibility index (Phi) is 6.87. The Balaban J connectivity index is 1.97. The molecule has 0 heterocycles. The number of carbonyl (C=O) groups excluding carboxylic acids is 2. The van der Waals surface area contributed by atoms with Crippen LogP contribution in [0, 0.1) is 16.0 Å². The normalized spacial score (nSPS) is 11.5.